The Morgan fingerprint density at radius 3 is 2.58 bits per heavy atom. The Labute approximate surface area is 113 Å². The van der Waals surface area contributed by atoms with Crippen LogP contribution in [0.25, 0.3) is 0 Å². The van der Waals surface area contributed by atoms with Crippen LogP contribution in [0.15, 0.2) is 23.1 Å². The van der Waals surface area contributed by atoms with E-state index in [4.69, 9.17) is 5.14 Å². The Balaban J connectivity index is 3.10. The van der Waals surface area contributed by atoms with Gasteiger partial charge in [0.25, 0.3) is 0 Å². The van der Waals surface area contributed by atoms with Crippen molar-refractivity contribution in [1.82, 2.24) is 0 Å². The van der Waals surface area contributed by atoms with E-state index >= 15 is 0 Å². The van der Waals surface area contributed by atoms with Crippen LogP contribution in [0.1, 0.15) is 18.9 Å². The van der Waals surface area contributed by atoms with Crippen molar-refractivity contribution in [1.29, 1.82) is 0 Å². The summed E-state index contributed by atoms with van der Waals surface area (Å²) in [4.78, 5) is 11.5. The molecule has 1 rings (SSSR count). The van der Waals surface area contributed by atoms with Crippen LogP contribution in [-0.4, -0.2) is 27.5 Å². The van der Waals surface area contributed by atoms with Gasteiger partial charge in [0.1, 0.15) is 6.04 Å². The van der Waals surface area contributed by atoms with Crippen molar-refractivity contribution in [3.8, 4) is 0 Å². The number of hydrogen-bond acceptors (Lipinski definition) is 5. The Hall–Kier alpha value is -1.60. The quantitative estimate of drug-likeness (QED) is 0.787. The number of methoxy groups -OCH3 is 1. The molecule has 0 heterocycles. The number of esters is 1. The number of anilines is 1. The molecule has 0 amide bonds. The highest BCUT2D eigenvalue weighted by Crippen LogP contribution is 2.21. The lowest BCUT2D eigenvalue weighted by atomic mass is 10.1. The zero-order valence-electron chi connectivity index (χ0n) is 11.1. The number of aryl methyl sites for hydroxylation is 1. The molecule has 1 aromatic rings. The number of nitrogens with two attached hydrogens (primary N) is 1. The average Bonchev–Trinajstić information content (AvgIpc) is 2.35. The van der Waals surface area contributed by atoms with Crippen molar-refractivity contribution in [2.75, 3.05) is 12.4 Å². The second-order valence-corrected chi connectivity index (χ2v) is 5.71. The van der Waals surface area contributed by atoms with Gasteiger partial charge in [-0.25, -0.2) is 18.4 Å². The van der Waals surface area contributed by atoms with Crippen molar-refractivity contribution >= 4 is 21.7 Å². The van der Waals surface area contributed by atoms with Gasteiger partial charge in [-0.15, -0.1) is 0 Å². The number of carbonyl (C=O) groups is 1. The maximum absolute atomic E-state index is 11.5. The largest absolute Gasteiger partial charge is 0.467 e. The number of sulfonamides is 1. The minimum absolute atomic E-state index is 0.000295. The summed E-state index contributed by atoms with van der Waals surface area (Å²) in [6.07, 6.45) is 0.520. The zero-order chi connectivity index (χ0) is 14.6. The number of nitrogens with one attached hydrogen (secondary N) is 1. The van der Waals surface area contributed by atoms with Gasteiger partial charge in [-0.3, -0.25) is 0 Å². The number of benzene rings is 1. The number of primary sulfonamides is 1. The predicted octanol–water partition coefficient (Wildman–Crippen LogP) is 1.01. The smallest absolute Gasteiger partial charge is 0.328 e. The first-order valence-corrected chi connectivity index (χ1v) is 7.32. The third-order valence-electron chi connectivity index (χ3n) is 2.76. The Bertz CT molecular complexity index is 569. The summed E-state index contributed by atoms with van der Waals surface area (Å²) >= 11 is 0. The minimum Gasteiger partial charge on any atom is -0.467 e. The highest BCUT2D eigenvalue weighted by Gasteiger charge is 2.18. The molecule has 0 saturated heterocycles. The van der Waals surface area contributed by atoms with E-state index in [9.17, 15) is 13.2 Å². The van der Waals surface area contributed by atoms with Crippen LogP contribution < -0.4 is 10.5 Å². The molecule has 0 fully saturated rings. The first-order chi connectivity index (χ1) is 8.79. The van der Waals surface area contributed by atoms with Crippen molar-refractivity contribution in [3.05, 3.63) is 23.8 Å². The molecule has 3 N–H and O–H groups in total. The molecule has 0 spiro atoms. The van der Waals surface area contributed by atoms with Crippen molar-refractivity contribution in [3.63, 3.8) is 0 Å². The second kappa shape index (κ2) is 6.03. The van der Waals surface area contributed by atoms with Crippen molar-refractivity contribution < 1.29 is 17.9 Å². The fourth-order valence-electron chi connectivity index (χ4n) is 1.59. The summed E-state index contributed by atoms with van der Waals surface area (Å²) in [5.74, 6) is -0.400. The van der Waals surface area contributed by atoms with E-state index in [2.05, 4.69) is 10.1 Å². The van der Waals surface area contributed by atoms with Gasteiger partial charge in [0, 0.05) is 5.69 Å². The lowest BCUT2D eigenvalue weighted by Gasteiger charge is -2.18. The predicted molar refractivity (Wildman–Crippen MR) is 72.3 cm³/mol. The summed E-state index contributed by atoms with van der Waals surface area (Å²) in [7, 11) is -2.46. The van der Waals surface area contributed by atoms with E-state index in [0.29, 0.717) is 12.1 Å². The summed E-state index contributed by atoms with van der Waals surface area (Å²) in [5.41, 5.74) is 1.36. The van der Waals surface area contributed by atoms with Crippen LogP contribution in [-0.2, 0) is 19.6 Å². The van der Waals surface area contributed by atoms with Crippen LogP contribution >= 0.6 is 0 Å². The normalized spacial score (nSPS) is 12.8. The highest BCUT2D eigenvalue weighted by atomic mass is 32.2. The molecule has 0 aliphatic rings. The maximum Gasteiger partial charge on any atom is 0.328 e. The molecule has 0 aliphatic carbocycles. The van der Waals surface area contributed by atoms with E-state index in [-0.39, 0.29) is 4.90 Å². The van der Waals surface area contributed by atoms with Crippen LogP contribution in [0.4, 0.5) is 5.69 Å². The number of carbonyl (C=O) groups excluding carboxylic acids is 1. The Kier molecular flexibility index (Phi) is 4.90. The van der Waals surface area contributed by atoms with E-state index in [1.807, 2.05) is 6.92 Å². The lowest BCUT2D eigenvalue weighted by molar-refractivity contribution is -0.141. The lowest BCUT2D eigenvalue weighted by Crippen LogP contribution is -2.30. The molecular formula is C12H18N2O4S. The summed E-state index contributed by atoms with van der Waals surface area (Å²) in [6, 6.07) is 3.94. The third-order valence-corrected chi connectivity index (χ3v) is 3.67. The molecule has 106 valence electrons. The van der Waals surface area contributed by atoms with Crippen LogP contribution in [0.3, 0.4) is 0 Å². The number of hydrogen-bond donors (Lipinski definition) is 2. The topological polar surface area (TPSA) is 98.5 Å². The molecule has 19 heavy (non-hydrogen) atoms. The third kappa shape index (κ3) is 3.93. The molecular weight excluding hydrogens is 268 g/mol. The highest BCUT2D eigenvalue weighted by molar-refractivity contribution is 7.89. The van der Waals surface area contributed by atoms with Crippen LogP contribution in [0.5, 0.6) is 0 Å². The number of rotatable bonds is 5. The van der Waals surface area contributed by atoms with Crippen LogP contribution in [0, 0.1) is 6.92 Å². The monoisotopic (exact) mass is 286 g/mol. The van der Waals surface area contributed by atoms with Gasteiger partial charge in [-0.2, -0.15) is 0 Å². The zero-order valence-corrected chi connectivity index (χ0v) is 12.0. The minimum atomic E-state index is -3.77. The fraction of sp³-hybridized carbons (Fsp3) is 0.417. The first kappa shape index (κ1) is 15.5. The van der Waals surface area contributed by atoms with Crippen molar-refractivity contribution in [2.24, 2.45) is 5.14 Å². The molecule has 0 aromatic heterocycles. The molecule has 1 aromatic carbocycles. The first-order valence-electron chi connectivity index (χ1n) is 5.77. The van der Waals surface area contributed by atoms with E-state index in [1.165, 1.54) is 19.2 Å². The second-order valence-electron chi connectivity index (χ2n) is 4.15. The summed E-state index contributed by atoms with van der Waals surface area (Å²) in [5, 5.41) is 8.04. The molecule has 0 saturated carbocycles. The van der Waals surface area contributed by atoms with E-state index < -0.39 is 22.0 Å². The van der Waals surface area contributed by atoms with Gasteiger partial charge in [-0.05, 0) is 31.0 Å². The van der Waals surface area contributed by atoms with E-state index in [1.54, 1.807) is 13.0 Å². The molecule has 0 radical (unpaired) electrons. The average molecular weight is 286 g/mol. The molecule has 0 bridgehead atoms. The van der Waals surface area contributed by atoms with Gasteiger partial charge in [0.05, 0.1) is 12.0 Å². The molecule has 6 nitrogen and oxygen atoms in total. The van der Waals surface area contributed by atoms with Crippen molar-refractivity contribution in [2.45, 2.75) is 31.2 Å². The standard InChI is InChI=1S/C12H18N2O4S/c1-4-10(12(15)18-3)14-11-7-9(19(13,16)17)6-5-8(11)2/h5-7,10,14H,4H2,1-3H3,(H2,13,16,17). The van der Waals surface area contributed by atoms with Crippen LogP contribution in [0.2, 0.25) is 0 Å². The molecule has 1 unspecified atom stereocenters. The molecule has 0 aliphatic heterocycles. The van der Waals surface area contributed by atoms with Gasteiger partial charge < -0.3 is 10.1 Å². The van der Waals surface area contributed by atoms with Gasteiger partial charge >= 0.3 is 5.97 Å². The Morgan fingerprint density at radius 1 is 1.47 bits per heavy atom. The van der Waals surface area contributed by atoms with E-state index in [0.717, 1.165) is 5.56 Å². The number of ether oxygens (including phenoxy) is 1. The fourth-order valence-corrected chi connectivity index (χ4v) is 2.13. The summed E-state index contributed by atoms with van der Waals surface area (Å²) in [6.45, 7) is 3.63. The van der Waals surface area contributed by atoms with Gasteiger partial charge in [0.15, 0.2) is 0 Å². The Morgan fingerprint density at radius 2 is 2.11 bits per heavy atom. The maximum atomic E-state index is 11.5. The van der Waals surface area contributed by atoms with Gasteiger partial charge in [-0.1, -0.05) is 13.0 Å². The van der Waals surface area contributed by atoms with Gasteiger partial charge in [0.2, 0.25) is 10.0 Å². The molecule has 7 heteroatoms. The molecule has 1 atom stereocenters. The summed E-state index contributed by atoms with van der Waals surface area (Å²) < 4.78 is 27.3. The SMILES string of the molecule is CCC(Nc1cc(S(N)(=O)=O)ccc1C)C(=O)OC.